The lowest BCUT2D eigenvalue weighted by Crippen LogP contribution is -2.13. The number of aliphatic hydroxyl groups excluding tert-OH is 1. The molecule has 5 heteroatoms. The molecule has 0 aliphatic heterocycles. The normalized spacial score (nSPS) is 10.2. The van der Waals surface area contributed by atoms with E-state index in [1.807, 2.05) is 6.07 Å². The van der Waals surface area contributed by atoms with Crippen molar-refractivity contribution in [3.05, 3.63) is 58.6 Å². The quantitative estimate of drug-likeness (QED) is 0.593. The van der Waals surface area contributed by atoms with Gasteiger partial charge in [0.2, 0.25) is 0 Å². The van der Waals surface area contributed by atoms with Gasteiger partial charge in [-0.15, -0.1) is 0 Å². The Morgan fingerprint density at radius 2 is 1.84 bits per heavy atom. The molecular formula is C14H13ClN2O2. The average molecular weight is 277 g/mol. The predicted octanol–water partition coefficient (Wildman–Crippen LogP) is 2.91. The standard InChI is InChI=1S/C14H13ClN2O2/c15-10-5-3-7-12(13(10)14(16)17)19-11-6-2-1-4-9(11)8-18/h1-7,18H,8H2,(H3,16,17). The number of hydrogen-bond acceptors (Lipinski definition) is 3. The first-order valence-corrected chi connectivity index (χ1v) is 6.01. The molecule has 0 amide bonds. The molecule has 0 atom stereocenters. The third-order valence-electron chi connectivity index (χ3n) is 2.61. The van der Waals surface area contributed by atoms with Gasteiger partial charge >= 0.3 is 0 Å². The Morgan fingerprint density at radius 1 is 1.16 bits per heavy atom. The topological polar surface area (TPSA) is 79.3 Å². The number of aliphatic hydroxyl groups is 1. The molecular weight excluding hydrogens is 264 g/mol. The monoisotopic (exact) mass is 276 g/mol. The van der Waals surface area contributed by atoms with E-state index in [1.54, 1.807) is 36.4 Å². The number of ether oxygens (including phenoxy) is 1. The van der Waals surface area contributed by atoms with Crippen LogP contribution in [0.15, 0.2) is 42.5 Å². The number of hydrogen-bond donors (Lipinski definition) is 3. The number of halogens is 1. The average Bonchev–Trinajstić information content (AvgIpc) is 2.39. The maximum absolute atomic E-state index is 9.26. The minimum absolute atomic E-state index is 0.133. The smallest absolute Gasteiger partial charge is 0.139 e. The molecule has 0 aliphatic carbocycles. The van der Waals surface area contributed by atoms with Crippen LogP contribution in [0, 0.1) is 5.41 Å². The zero-order valence-corrected chi connectivity index (χ0v) is 10.8. The molecule has 0 saturated heterocycles. The lowest BCUT2D eigenvalue weighted by Gasteiger charge is -2.13. The van der Waals surface area contributed by atoms with Crippen molar-refractivity contribution in [2.45, 2.75) is 6.61 Å². The summed E-state index contributed by atoms with van der Waals surface area (Å²) in [6, 6.07) is 12.1. The first kappa shape index (κ1) is 13.4. The van der Waals surface area contributed by atoms with E-state index in [9.17, 15) is 5.11 Å². The summed E-state index contributed by atoms with van der Waals surface area (Å²) in [5, 5.41) is 17.2. The molecule has 2 aromatic carbocycles. The number of nitrogens with two attached hydrogens (primary N) is 1. The van der Waals surface area contributed by atoms with Crippen LogP contribution >= 0.6 is 11.6 Å². The van der Waals surface area contributed by atoms with E-state index in [1.165, 1.54) is 0 Å². The fourth-order valence-corrected chi connectivity index (χ4v) is 1.97. The summed E-state index contributed by atoms with van der Waals surface area (Å²) >= 11 is 6.01. The van der Waals surface area contributed by atoms with Crippen molar-refractivity contribution < 1.29 is 9.84 Å². The van der Waals surface area contributed by atoms with Gasteiger partial charge in [-0.1, -0.05) is 35.9 Å². The van der Waals surface area contributed by atoms with Crippen LogP contribution in [0.5, 0.6) is 11.5 Å². The van der Waals surface area contributed by atoms with Gasteiger partial charge in [0, 0.05) is 5.56 Å². The van der Waals surface area contributed by atoms with Crippen LogP contribution in [0.4, 0.5) is 0 Å². The van der Waals surface area contributed by atoms with Crippen molar-refractivity contribution in [2.75, 3.05) is 0 Å². The van der Waals surface area contributed by atoms with Crippen molar-refractivity contribution in [1.82, 2.24) is 0 Å². The van der Waals surface area contributed by atoms with Crippen LogP contribution in [0.2, 0.25) is 5.02 Å². The molecule has 0 unspecified atom stereocenters. The minimum Gasteiger partial charge on any atom is -0.456 e. The first-order chi connectivity index (χ1) is 9.13. The molecule has 0 aliphatic rings. The van der Waals surface area contributed by atoms with Gasteiger partial charge in [0.05, 0.1) is 17.2 Å². The van der Waals surface area contributed by atoms with Crippen LogP contribution in [-0.2, 0) is 6.61 Å². The zero-order chi connectivity index (χ0) is 13.8. The van der Waals surface area contributed by atoms with E-state index in [-0.39, 0.29) is 12.4 Å². The third kappa shape index (κ3) is 2.86. The molecule has 0 bridgehead atoms. The lowest BCUT2D eigenvalue weighted by molar-refractivity contribution is 0.276. The molecule has 98 valence electrons. The molecule has 4 N–H and O–H groups in total. The van der Waals surface area contributed by atoms with E-state index in [4.69, 9.17) is 27.5 Å². The fraction of sp³-hybridized carbons (Fsp3) is 0.0714. The maximum Gasteiger partial charge on any atom is 0.139 e. The number of rotatable bonds is 4. The molecule has 0 radical (unpaired) electrons. The molecule has 0 fully saturated rings. The summed E-state index contributed by atoms with van der Waals surface area (Å²) in [5.41, 5.74) is 6.50. The molecule has 0 heterocycles. The Morgan fingerprint density at radius 3 is 2.53 bits per heavy atom. The van der Waals surface area contributed by atoms with Crippen molar-refractivity contribution >= 4 is 17.4 Å². The summed E-state index contributed by atoms with van der Waals surface area (Å²) in [6.07, 6.45) is 0. The van der Waals surface area contributed by atoms with Gasteiger partial charge in [0.1, 0.15) is 17.3 Å². The predicted molar refractivity (Wildman–Crippen MR) is 74.9 cm³/mol. The van der Waals surface area contributed by atoms with Gasteiger partial charge < -0.3 is 15.6 Å². The van der Waals surface area contributed by atoms with Gasteiger partial charge in [-0.05, 0) is 18.2 Å². The Kier molecular flexibility index (Phi) is 4.04. The second-order valence-electron chi connectivity index (χ2n) is 3.89. The highest BCUT2D eigenvalue weighted by molar-refractivity contribution is 6.34. The van der Waals surface area contributed by atoms with Gasteiger partial charge in [-0.25, -0.2) is 0 Å². The number of amidine groups is 1. The Bertz CT molecular complexity index is 614. The number of para-hydroxylation sites is 1. The molecule has 19 heavy (non-hydrogen) atoms. The zero-order valence-electron chi connectivity index (χ0n) is 10.1. The second-order valence-corrected chi connectivity index (χ2v) is 4.30. The van der Waals surface area contributed by atoms with E-state index in [2.05, 4.69) is 0 Å². The van der Waals surface area contributed by atoms with E-state index in [0.29, 0.717) is 27.6 Å². The van der Waals surface area contributed by atoms with Crippen LogP contribution in [0.1, 0.15) is 11.1 Å². The first-order valence-electron chi connectivity index (χ1n) is 5.63. The Labute approximate surface area is 115 Å². The number of benzene rings is 2. The van der Waals surface area contributed by atoms with Crippen molar-refractivity contribution in [1.29, 1.82) is 5.41 Å². The second kappa shape index (κ2) is 5.73. The molecule has 2 rings (SSSR count). The van der Waals surface area contributed by atoms with Crippen molar-refractivity contribution in [3.63, 3.8) is 0 Å². The summed E-state index contributed by atoms with van der Waals surface area (Å²) in [4.78, 5) is 0. The van der Waals surface area contributed by atoms with Gasteiger partial charge in [-0.3, -0.25) is 5.41 Å². The Hall–Kier alpha value is -2.04. The van der Waals surface area contributed by atoms with Crippen LogP contribution in [-0.4, -0.2) is 10.9 Å². The SMILES string of the molecule is N=C(N)c1c(Cl)cccc1Oc1ccccc1CO. The highest BCUT2D eigenvalue weighted by Crippen LogP contribution is 2.31. The summed E-state index contributed by atoms with van der Waals surface area (Å²) in [7, 11) is 0. The van der Waals surface area contributed by atoms with Gasteiger partial charge in [-0.2, -0.15) is 0 Å². The van der Waals surface area contributed by atoms with Crippen LogP contribution in [0.3, 0.4) is 0 Å². The minimum atomic E-state index is -0.165. The van der Waals surface area contributed by atoms with E-state index < -0.39 is 0 Å². The van der Waals surface area contributed by atoms with Crippen LogP contribution < -0.4 is 10.5 Å². The molecule has 0 spiro atoms. The Balaban J connectivity index is 2.44. The van der Waals surface area contributed by atoms with Gasteiger partial charge in [0.25, 0.3) is 0 Å². The summed E-state index contributed by atoms with van der Waals surface area (Å²) < 4.78 is 5.71. The van der Waals surface area contributed by atoms with Crippen molar-refractivity contribution in [3.8, 4) is 11.5 Å². The summed E-state index contributed by atoms with van der Waals surface area (Å²) in [5.74, 6) is 0.734. The molecule has 0 aromatic heterocycles. The molecule has 0 saturated carbocycles. The molecule has 2 aromatic rings. The summed E-state index contributed by atoms with van der Waals surface area (Å²) in [6.45, 7) is -0.133. The molecule has 4 nitrogen and oxygen atoms in total. The largest absolute Gasteiger partial charge is 0.456 e. The highest BCUT2D eigenvalue weighted by Gasteiger charge is 2.13. The van der Waals surface area contributed by atoms with Crippen molar-refractivity contribution in [2.24, 2.45) is 5.73 Å². The van der Waals surface area contributed by atoms with Crippen LogP contribution in [0.25, 0.3) is 0 Å². The maximum atomic E-state index is 9.26. The third-order valence-corrected chi connectivity index (χ3v) is 2.92. The highest BCUT2D eigenvalue weighted by atomic mass is 35.5. The van der Waals surface area contributed by atoms with E-state index >= 15 is 0 Å². The van der Waals surface area contributed by atoms with E-state index in [0.717, 1.165) is 0 Å². The fourth-order valence-electron chi connectivity index (χ4n) is 1.70. The number of nitrogen functional groups attached to an aromatic ring is 1. The number of nitrogens with one attached hydrogen (secondary N) is 1. The van der Waals surface area contributed by atoms with Gasteiger partial charge in [0.15, 0.2) is 0 Å². The lowest BCUT2D eigenvalue weighted by atomic mass is 10.1.